The van der Waals surface area contributed by atoms with E-state index < -0.39 is 0 Å². The zero-order chi connectivity index (χ0) is 9.52. The van der Waals surface area contributed by atoms with Crippen molar-refractivity contribution in [3.05, 3.63) is 0 Å². The third kappa shape index (κ3) is 4.12. The first-order valence-corrected chi connectivity index (χ1v) is 5.02. The zero-order valence-electron chi connectivity index (χ0n) is 8.23. The van der Waals surface area contributed by atoms with Crippen LogP contribution >= 0.6 is 0 Å². The van der Waals surface area contributed by atoms with E-state index in [2.05, 4.69) is 16.0 Å². The summed E-state index contributed by atoms with van der Waals surface area (Å²) in [5.74, 6) is 0. The Kier molecular flexibility index (Phi) is 4.60. The molecule has 0 aromatic rings. The van der Waals surface area contributed by atoms with E-state index in [1.165, 1.54) is 25.8 Å². The number of carbonyl (C=O) groups is 1. The summed E-state index contributed by atoms with van der Waals surface area (Å²) in [6, 6.07) is 0.668. The van der Waals surface area contributed by atoms with E-state index >= 15 is 0 Å². The molecule has 0 spiro atoms. The first-order chi connectivity index (χ1) is 6.33. The van der Waals surface area contributed by atoms with Gasteiger partial charge in [-0.2, -0.15) is 0 Å². The van der Waals surface area contributed by atoms with Crippen molar-refractivity contribution in [3.63, 3.8) is 0 Å². The van der Waals surface area contributed by atoms with Gasteiger partial charge in [0, 0.05) is 19.6 Å². The molecule has 1 rings (SSSR count). The van der Waals surface area contributed by atoms with E-state index in [-0.39, 0.29) is 6.03 Å². The van der Waals surface area contributed by atoms with Gasteiger partial charge in [0.15, 0.2) is 0 Å². The highest BCUT2D eigenvalue weighted by molar-refractivity contribution is 5.73. The molecule has 1 atom stereocenters. The van der Waals surface area contributed by atoms with Gasteiger partial charge in [-0.15, -0.1) is 0 Å². The summed E-state index contributed by atoms with van der Waals surface area (Å²) in [7, 11) is 1.63. The largest absolute Gasteiger partial charge is 0.341 e. The number of hydrogen-bond acceptors (Lipinski definition) is 2. The van der Waals surface area contributed by atoms with Gasteiger partial charge in [0.1, 0.15) is 0 Å². The van der Waals surface area contributed by atoms with E-state index in [9.17, 15) is 4.79 Å². The lowest BCUT2D eigenvalue weighted by Gasteiger charge is -2.27. The van der Waals surface area contributed by atoms with Gasteiger partial charge < -0.3 is 16.0 Å². The van der Waals surface area contributed by atoms with Crippen LogP contribution in [0.15, 0.2) is 0 Å². The van der Waals surface area contributed by atoms with Crippen LogP contribution in [-0.2, 0) is 0 Å². The van der Waals surface area contributed by atoms with E-state index in [0.29, 0.717) is 0 Å². The van der Waals surface area contributed by atoms with Crippen LogP contribution in [0.3, 0.4) is 0 Å². The molecule has 13 heavy (non-hydrogen) atoms. The second kappa shape index (κ2) is 5.80. The van der Waals surface area contributed by atoms with Gasteiger partial charge in [-0.25, -0.2) is 4.79 Å². The molecule has 4 nitrogen and oxygen atoms in total. The average molecular weight is 185 g/mol. The number of unbranched alkanes of at least 4 members (excludes halogenated alkanes) is 1. The Bertz CT molecular complexity index is 157. The van der Waals surface area contributed by atoms with Gasteiger partial charge in [0.05, 0.1) is 0 Å². The highest BCUT2D eigenvalue weighted by Gasteiger charge is 2.14. The average Bonchev–Trinajstić information content (AvgIpc) is 2.07. The molecular weight excluding hydrogens is 166 g/mol. The van der Waals surface area contributed by atoms with Crippen molar-refractivity contribution < 1.29 is 4.79 Å². The molecule has 1 aliphatic heterocycles. The highest BCUT2D eigenvalue weighted by Crippen LogP contribution is 2.09. The monoisotopic (exact) mass is 185 g/mol. The maximum Gasteiger partial charge on any atom is 0.314 e. The maximum absolute atomic E-state index is 10.7. The predicted molar refractivity (Wildman–Crippen MR) is 52.7 cm³/mol. The molecule has 0 saturated carbocycles. The topological polar surface area (TPSA) is 53.2 Å². The van der Waals surface area contributed by atoms with E-state index in [4.69, 9.17) is 0 Å². The summed E-state index contributed by atoms with van der Waals surface area (Å²) in [4.78, 5) is 10.7. The van der Waals surface area contributed by atoms with Crippen molar-refractivity contribution in [2.24, 2.45) is 0 Å². The number of amides is 2. The first-order valence-electron chi connectivity index (χ1n) is 5.02. The van der Waals surface area contributed by atoms with Crippen molar-refractivity contribution >= 4 is 6.03 Å². The molecule has 2 amide bonds. The fourth-order valence-corrected chi connectivity index (χ4v) is 1.40. The first kappa shape index (κ1) is 10.3. The lowest BCUT2D eigenvalue weighted by Crippen LogP contribution is -2.42. The van der Waals surface area contributed by atoms with Gasteiger partial charge in [0.25, 0.3) is 0 Å². The molecule has 1 unspecified atom stereocenters. The van der Waals surface area contributed by atoms with E-state index in [1.807, 2.05) is 0 Å². The molecule has 0 aromatic heterocycles. The van der Waals surface area contributed by atoms with Gasteiger partial charge in [-0.05, 0) is 25.8 Å². The molecule has 3 N–H and O–H groups in total. The minimum absolute atomic E-state index is 0.0817. The fraction of sp³-hybridized carbons (Fsp3) is 0.889. The Morgan fingerprint density at radius 3 is 2.85 bits per heavy atom. The van der Waals surface area contributed by atoms with Gasteiger partial charge in [-0.3, -0.25) is 0 Å². The Hall–Kier alpha value is -0.770. The molecule has 0 bridgehead atoms. The molecule has 1 fully saturated rings. The maximum atomic E-state index is 10.7. The van der Waals surface area contributed by atoms with Gasteiger partial charge in [0.2, 0.25) is 0 Å². The number of hydrogen-bond donors (Lipinski definition) is 3. The highest BCUT2D eigenvalue weighted by atomic mass is 16.2. The standard InChI is InChI=1S/C9H19N3O/c1-10-9(13)12-6-3-2-4-8-5-7-11-8/h8,11H,2-7H2,1H3,(H2,10,12,13). The van der Waals surface area contributed by atoms with Crippen molar-refractivity contribution in [1.29, 1.82) is 0 Å². The number of urea groups is 1. The van der Waals surface area contributed by atoms with Crippen molar-refractivity contribution in [2.75, 3.05) is 20.1 Å². The van der Waals surface area contributed by atoms with E-state index in [1.54, 1.807) is 7.05 Å². The Balaban J connectivity index is 1.80. The molecule has 0 radical (unpaired) electrons. The van der Waals surface area contributed by atoms with Crippen molar-refractivity contribution in [2.45, 2.75) is 31.7 Å². The quantitative estimate of drug-likeness (QED) is 0.545. The molecule has 1 aliphatic rings. The molecule has 76 valence electrons. The van der Waals surface area contributed by atoms with Crippen LogP contribution in [0.4, 0.5) is 4.79 Å². The van der Waals surface area contributed by atoms with Crippen LogP contribution < -0.4 is 16.0 Å². The lowest BCUT2D eigenvalue weighted by molar-refractivity contribution is 0.242. The van der Waals surface area contributed by atoms with Gasteiger partial charge >= 0.3 is 6.03 Å². The molecule has 0 aliphatic carbocycles. The summed E-state index contributed by atoms with van der Waals surface area (Å²) in [5, 5.41) is 8.65. The van der Waals surface area contributed by atoms with Crippen LogP contribution in [0.1, 0.15) is 25.7 Å². The van der Waals surface area contributed by atoms with Crippen LogP contribution in [-0.4, -0.2) is 32.2 Å². The normalized spacial score (nSPS) is 20.5. The molecule has 0 aromatic carbocycles. The minimum atomic E-state index is -0.0817. The van der Waals surface area contributed by atoms with Crippen LogP contribution in [0.25, 0.3) is 0 Å². The SMILES string of the molecule is CNC(=O)NCCCCC1CCN1. The van der Waals surface area contributed by atoms with Crippen LogP contribution in [0, 0.1) is 0 Å². The second-order valence-electron chi connectivity index (χ2n) is 3.44. The number of nitrogens with one attached hydrogen (secondary N) is 3. The van der Waals surface area contributed by atoms with E-state index in [0.717, 1.165) is 19.0 Å². The third-order valence-corrected chi connectivity index (χ3v) is 2.42. The Morgan fingerprint density at radius 1 is 1.54 bits per heavy atom. The molecule has 4 heteroatoms. The minimum Gasteiger partial charge on any atom is -0.341 e. The van der Waals surface area contributed by atoms with Crippen molar-refractivity contribution in [1.82, 2.24) is 16.0 Å². The van der Waals surface area contributed by atoms with Crippen LogP contribution in [0.2, 0.25) is 0 Å². The summed E-state index contributed by atoms with van der Waals surface area (Å²) in [6.45, 7) is 1.97. The zero-order valence-corrected chi connectivity index (χ0v) is 8.23. The van der Waals surface area contributed by atoms with Crippen LogP contribution in [0.5, 0.6) is 0 Å². The van der Waals surface area contributed by atoms with Crippen molar-refractivity contribution in [3.8, 4) is 0 Å². The van der Waals surface area contributed by atoms with Gasteiger partial charge in [-0.1, -0.05) is 6.42 Å². The fourth-order valence-electron chi connectivity index (χ4n) is 1.40. The Labute approximate surface area is 79.5 Å². The summed E-state index contributed by atoms with van der Waals surface area (Å²) in [5.41, 5.74) is 0. The summed E-state index contributed by atoms with van der Waals surface area (Å²) in [6.07, 6.45) is 4.84. The second-order valence-corrected chi connectivity index (χ2v) is 3.44. The lowest BCUT2D eigenvalue weighted by atomic mass is 10.0. The molecule has 1 heterocycles. The third-order valence-electron chi connectivity index (χ3n) is 2.42. The summed E-state index contributed by atoms with van der Waals surface area (Å²) < 4.78 is 0. The smallest absolute Gasteiger partial charge is 0.314 e. The molecular formula is C9H19N3O. The summed E-state index contributed by atoms with van der Waals surface area (Å²) >= 11 is 0. The predicted octanol–water partition coefficient (Wildman–Crippen LogP) is 0.448. The molecule has 1 saturated heterocycles. The number of rotatable bonds is 5. The Morgan fingerprint density at radius 2 is 2.31 bits per heavy atom. The number of carbonyl (C=O) groups excluding carboxylic acids is 1.